The lowest BCUT2D eigenvalue weighted by molar-refractivity contribution is 0.0898. The fourth-order valence-corrected chi connectivity index (χ4v) is 2.79. The number of fused-ring (bicyclic) bond motifs is 1. The number of hydrogen-bond donors (Lipinski definition) is 0. The summed E-state index contributed by atoms with van der Waals surface area (Å²) in [6.45, 7) is 8.11. The number of rotatable bonds is 5. The van der Waals surface area contributed by atoms with Crippen LogP contribution in [-0.2, 0) is 11.5 Å². The summed E-state index contributed by atoms with van der Waals surface area (Å²) in [5, 5.41) is 0. The number of halogens is 2. The van der Waals surface area contributed by atoms with Crippen LogP contribution in [0.3, 0.4) is 0 Å². The molecule has 0 amide bonds. The van der Waals surface area contributed by atoms with Crippen LogP contribution in [0.15, 0.2) is 22.9 Å². The Bertz CT molecular complexity index is 580. The summed E-state index contributed by atoms with van der Waals surface area (Å²) in [7, 11) is -1.07. The van der Waals surface area contributed by atoms with Crippen LogP contribution in [0.5, 0.6) is 0 Å². The molecule has 1 aromatic carbocycles. The molecule has 0 unspecified atom stereocenters. The summed E-state index contributed by atoms with van der Waals surface area (Å²) in [6, 6.07) is 4.29. The van der Waals surface area contributed by atoms with Gasteiger partial charge in [0, 0.05) is 20.7 Å². The van der Waals surface area contributed by atoms with E-state index >= 15 is 0 Å². The molecule has 0 spiro atoms. The van der Waals surface area contributed by atoms with E-state index in [4.69, 9.17) is 4.74 Å². The fourth-order valence-electron chi connectivity index (χ4n) is 1.70. The molecule has 0 bridgehead atoms. The zero-order valence-electron chi connectivity index (χ0n) is 11.4. The number of imidazole rings is 1. The summed E-state index contributed by atoms with van der Waals surface area (Å²) in [5.74, 6) is -0.281. The molecule has 0 saturated heterocycles. The highest BCUT2D eigenvalue weighted by atomic mass is 79.9. The van der Waals surface area contributed by atoms with E-state index in [-0.39, 0.29) is 5.82 Å². The van der Waals surface area contributed by atoms with Crippen molar-refractivity contribution in [1.29, 1.82) is 0 Å². The predicted octanol–water partition coefficient (Wildman–Crippen LogP) is 4.25. The fraction of sp³-hybridized carbons (Fsp3) is 0.462. The second kappa shape index (κ2) is 5.72. The van der Waals surface area contributed by atoms with Gasteiger partial charge in [0.05, 0.1) is 21.8 Å². The van der Waals surface area contributed by atoms with Gasteiger partial charge in [-0.15, -0.1) is 0 Å². The average molecular weight is 345 g/mol. The van der Waals surface area contributed by atoms with Crippen molar-refractivity contribution in [2.75, 3.05) is 6.61 Å². The largest absolute Gasteiger partial charge is 0.361 e. The van der Waals surface area contributed by atoms with Crippen molar-refractivity contribution in [3.8, 4) is 0 Å². The van der Waals surface area contributed by atoms with E-state index in [0.29, 0.717) is 11.2 Å². The molecule has 0 aliphatic carbocycles. The van der Waals surface area contributed by atoms with Crippen molar-refractivity contribution in [3.05, 3.63) is 28.7 Å². The lowest BCUT2D eigenvalue weighted by Crippen LogP contribution is -2.21. The molecule has 0 saturated carbocycles. The van der Waals surface area contributed by atoms with Gasteiger partial charge in [-0.05, 0) is 28.0 Å². The number of nitrogens with zero attached hydrogens (tertiary/aromatic N) is 2. The van der Waals surface area contributed by atoms with Gasteiger partial charge < -0.3 is 9.30 Å². The first-order valence-corrected chi connectivity index (χ1v) is 10.7. The van der Waals surface area contributed by atoms with Crippen molar-refractivity contribution in [2.24, 2.45) is 0 Å². The maximum absolute atomic E-state index is 13.5. The van der Waals surface area contributed by atoms with Gasteiger partial charge in [-0.25, -0.2) is 9.37 Å². The smallest absolute Gasteiger partial charge is 0.139 e. The normalized spacial score (nSPS) is 12.3. The van der Waals surface area contributed by atoms with E-state index in [9.17, 15) is 4.39 Å². The van der Waals surface area contributed by atoms with Gasteiger partial charge in [-0.1, -0.05) is 19.6 Å². The lowest BCUT2D eigenvalue weighted by atomic mass is 10.3. The SMILES string of the molecule is C[Si](C)(C)CCOCn1cnc2cc(Br)c(F)cc21. The molecule has 6 heteroatoms. The minimum atomic E-state index is -1.07. The maximum Gasteiger partial charge on any atom is 0.139 e. The van der Waals surface area contributed by atoms with Crippen molar-refractivity contribution in [2.45, 2.75) is 32.4 Å². The lowest BCUT2D eigenvalue weighted by Gasteiger charge is -2.15. The van der Waals surface area contributed by atoms with Crippen LogP contribution in [0.25, 0.3) is 11.0 Å². The second-order valence-corrected chi connectivity index (χ2v) is 12.3. The van der Waals surface area contributed by atoms with Crippen molar-refractivity contribution in [3.63, 3.8) is 0 Å². The molecule has 104 valence electrons. The molecule has 0 N–H and O–H groups in total. The maximum atomic E-state index is 13.5. The van der Waals surface area contributed by atoms with E-state index < -0.39 is 8.07 Å². The molecular formula is C13H18BrFN2OSi. The number of hydrogen-bond acceptors (Lipinski definition) is 2. The molecule has 0 aliphatic heterocycles. The molecule has 1 heterocycles. The third-order valence-corrected chi connectivity index (χ3v) is 5.20. The Kier molecular flexibility index (Phi) is 4.42. The summed E-state index contributed by atoms with van der Waals surface area (Å²) in [5.41, 5.74) is 1.52. The van der Waals surface area contributed by atoms with Crippen molar-refractivity contribution < 1.29 is 9.13 Å². The number of ether oxygens (including phenoxy) is 1. The van der Waals surface area contributed by atoms with Crippen molar-refractivity contribution >= 4 is 35.0 Å². The Morgan fingerprint density at radius 3 is 2.79 bits per heavy atom. The molecule has 3 nitrogen and oxygen atoms in total. The van der Waals surface area contributed by atoms with Crippen LogP contribution in [0, 0.1) is 5.82 Å². The highest BCUT2D eigenvalue weighted by Gasteiger charge is 2.12. The molecule has 2 rings (SSSR count). The molecular weight excluding hydrogens is 327 g/mol. The van der Waals surface area contributed by atoms with E-state index in [1.807, 2.05) is 4.57 Å². The zero-order valence-corrected chi connectivity index (χ0v) is 14.0. The summed E-state index contributed by atoms with van der Waals surface area (Å²) in [4.78, 5) is 4.24. The predicted molar refractivity (Wildman–Crippen MR) is 81.5 cm³/mol. The molecule has 0 radical (unpaired) electrons. The van der Waals surface area contributed by atoms with Gasteiger partial charge in [-0.3, -0.25) is 0 Å². The molecule has 0 aliphatic rings. The number of benzene rings is 1. The summed E-state index contributed by atoms with van der Waals surface area (Å²) in [6.07, 6.45) is 1.69. The molecule has 0 atom stereocenters. The van der Waals surface area contributed by atoms with E-state index in [1.54, 1.807) is 12.4 Å². The minimum Gasteiger partial charge on any atom is -0.361 e. The first-order chi connectivity index (χ1) is 8.87. The quantitative estimate of drug-likeness (QED) is 0.598. The van der Waals surface area contributed by atoms with Crippen LogP contribution in [-0.4, -0.2) is 24.2 Å². The molecule has 1 aromatic heterocycles. The molecule has 0 fully saturated rings. The molecule has 2 aromatic rings. The Morgan fingerprint density at radius 1 is 1.37 bits per heavy atom. The highest BCUT2D eigenvalue weighted by molar-refractivity contribution is 9.10. The van der Waals surface area contributed by atoms with Crippen LogP contribution in [0.4, 0.5) is 4.39 Å². The van der Waals surface area contributed by atoms with Crippen LogP contribution >= 0.6 is 15.9 Å². The van der Waals surface area contributed by atoms with Gasteiger partial charge in [0.25, 0.3) is 0 Å². The first kappa shape index (κ1) is 14.7. The topological polar surface area (TPSA) is 27.1 Å². The Hall–Kier alpha value is -0.723. The monoisotopic (exact) mass is 344 g/mol. The minimum absolute atomic E-state index is 0.281. The third kappa shape index (κ3) is 3.87. The first-order valence-electron chi connectivity index (χ1n) is 6.24. The van der Waals surface area contributed by atoms with Gasteiger partial charge in [-0.2, -0.15) is 0 Å². The van der Waals surface area contributed by atoms with E-state index in [0.717, 1.165) is 23.7 Å². The van der Waals surface area contributed by atoms with Gasteiger partial charge in [0.1, 0.15) is 12.5 Å². The Labute approximate surface area is 121 Å². The van der Waals surface area contributed by atoms with Gasteiger partial charge in [0.2, 0.25) is 0 Å². The van der Waals surface area contributed by atoms with Crippen LogP contribution in [0.1, 0.15) is 0 Å². The summed E-state index contributed by atoms with van der Waals surface area (Å²) < 4.78 is 21.4. The van der Waals surface area contributed by atoms with Gasteiger partial charge >= 0.3 is 0 Å². The third-order valence-electron chi connectivity index (χ3n) is 2.89. The average Bonchev–Trinajstić information content (AvgIpc) is 2.67. The zero-order chi connectivity index (χ0) is 14.0. The second-order valence-electron chi connectivity index (χ2n) is 5.82. The van der Waals surface area contributed by atoms with Crippen LogP contribution in [0.2, 0.25) is 25.7 Å². The Balaban J connectivity index is 2.03. The van der Waals surface area contributed by atoms with Gasteiger partial charge in [0.15, 0.2) is 0 Å². The number of aromatic nitrogens is 2. The summed E-state index contributed by atoms with van der Waals surface area (Å²) >= 11 is 3.16. The standard InChI is InChI=1S/C13H18BrFN2OSi/c1-19(2,3)5-4-18-9-17-8-16-12-6-10(14)11(15)7-13(12)17/h6-8H,4-5,9H2,1-3H3. The van der Waals surface area contributed by atoms with E-state index in [1.165, 1.54) is 6.07 Å². The highest BCUT2D eigenvalue weighted by Crippen LogP contribution is 2.22. The van der Waals surface area contributed by atoms with Crippen molar-refractivity contribution in [1.82, 2.24) is 9.55 Å². The Morgan fingerprint density at radius 2 is 2.11 bits per heavy atom. The molecule has 19 heavy (non-hydrogen) atoms. The van der Waals surface area contributed by atoms with Crippen LogP contribution < -0.4 is 0 Å². The van der Waals surface area contributed by atoms with E-state index in [2.05, 4.69) is 40.6 Å².